The van der Waals surface area contributed by atoms with E-state index in [0.717, 1.165) is 24.2 Å². The molecule has 0 N–H and O–H groups in total. The summed E-state index contributed by atoms with van der Waals surface area (Å²) in [5.41, 5.74) is 2.37. The van der Waals surface area contributed by atoms with Gasteiger partial charge in [0.2, 0.25) is 0 Å². The van der Waals surface area contributed by atoms with Gasteiger partial charge < -0.3 is 0 Å². The van der Waals surface area contributed by atoms with Gasteiger partial charge in [0.05, 0.1) is 15.9 Å². The molecule has 2 rings (SSSR count). The molecule has 102 valence electrons. The second-order valence-electron chi connectivity index (χ2n) is 5.71. The predicted octanol–water partition coefficient (Wildman–Crippen LogP) is 3.50. The van der Waals surface area contributed by atoms with Crippen LogP contribution < -0.4 is 0 Å². The first-order valence-electron chi connectivity index (χ1n) is 6.89. The summed E-state index contributed by atoms with van der Waals surface area (Å²) in [6, 6.07) is 0.723. The molecule has 18 heavy (non-hydrogen) atoms. The number of rotatable bonds is 3. The van der Waals surface area contributed by atoms with Crippen LogP contribution in [0, 0.1) is 12.8 Å². The van der Waals surface area contributed by atoms with Gasteiger partial charge >= 0.3 is 0 Å². The second-order valence-corrected chi connectivity index (χ2v) is 6.51. The van der Waals surface area contributed by atoms with E-state index in [-0.39, 0.29) is 0 Å². The Bertz CT molecular complexity index is 413. The molecule has 1 aromatic rings. The molecule has 0 aromatic carbocycles. The first-order valence-corrected chi connectivity index (χ1v) is 7.68. The molecule has 1 fully saturated rings. The van der Waals surface area contributed by atoms with E-state index in [1.165, 1.54) is 35.8 Å². The molecule has 1 aliphatic rings. The van der Waals surface area contributed by atoms with Crippen LogP contribution in [0.5, 0.6) is 0 Å². The van der Waals surface area contributed by atoms with Crippen LogP contribution in [0.1, 0.15) is 44.0 Å². The van der Waals surface area contributed by atoms with E-state index in [1.54, 1.807) is 0 Å². The molecular weight excluding hydrogens is 290 g/mol. The van der Waals surface area contributed by atoms with Crippen molar-refractivity contribution in [2.24, 2.45) is 13.0 Å². The molecule has 1 aromatic heterocycles. The average Bonchev–Trinajstić information content (AvgIpc) is 2.56. The molecule has 0 saturated heterocycles. The number of aromatic nitrogens is 2. The van der Waals surface area contributed by atoms with Gasteiger partial charge in [-0.1, -0.05) is 19.8 Å². The minimum Gasteiger partial charge on any atom is -0.297 e. The van der Waals surface area contributed by atoms with Crippen molar-refractivity contribution in [2.75, 3.05) is 7.05 Å². The smallest absolute Gasteiger partial charge is 0.0739 e. The van der Waals surface area contributed by atoms with E-state index in [1.807, 2.05) is 11.7 Å². The van der Waals surface area contributed by atoms with Crippen molar-refractivity contribution >= 4 is 15.9 Å². The maximum Gasteiger partial charge on any atom is 0.0739 e. The second kappa shape index (κ2) is 5.74. The molecule has 0 aliphatic heterocycles. The third-order valence-electron chi connectivity index (χ3n) is 4.29. The molecule has 4 heteroatoms. The van der Waals surface area contributed by atoms with Crippen molar-refractivity contribution in [1.29, 1.82) is 0 Å². The van der Waals surface area contributed by atoms with Gasteiger partial charge in [0, 0.05) is 19.6 Å². The number of nitrogens with zero attached hydrogens (tertiary/aromatic N) is 3. The summed E-state index contributed by atoms with van der Waals surface area (Å²) in [6.07, 6.45) is 5.50. The fraction of sp³-hybridized carbons (Fsp3) is 0.786. The summed E-state index contributed by atoms with van der Waals surface area (Å²) < 4.78 is 3.17. The van der Waals surface area contributed by atoms with E-state index < -0.39 is 0 Å². The van der Waals surface area contributed by atoms with E-state index in [0.29, 0.717) is 0 Å². The van der Waals surface area contributed by atoms with Gasteiger partial charge in [-0.25, -0.2) is 0 Å². The Kier molecular flexibility index (Phi) is 4.49. The van der Waals surface area contributed by atoms with Crippen LogP contribution in [-0.4, -0.2) is 27.8 Å². The maximum absolute atomic E-state index is 4.47. The molecule has 2 unspecified atom stereocenters. The minimum atomic E-state index is 0.723. The lowest BCUT2D eigenvalue weighted by molar-refractivity contribution is 0.130. The van der Waals surface area contributed by atoms with Crippen molar-refractivity contribution in [3.63, 3.8) is 0 Å². The largest absolute Gasteiger partial charge is 0.297 e. The number of aryl methyl sites for hydroxylation is 2. The summed E-state index contributed by atoms with van der Waals surface area (Å²) in [5, 5.41) is 4.47. The van der Waals surface area contributed by atoms with Crippen molar-refractivity contribution in [3.8, 4) is 0 Å². The monoisotopic (exact) mass is 313 g/mol. The van der Waals surface area contributed by atoms with Gasteiger partial charge in [0.25, 0.3) is 0 Å². The van der Waals surface area contributed by atoms with Crippen molar-refractivity contribution in [1.82, 2.24) is 14.7 Å². The van der Waals surface area contributed by atoms with Crippen LogP contribution >= 0.6 is 15.9 Å². The Morgan fingerprint density at radius 2 is 2.06 bits per heavy atom. The standard InChI is InChI=1S/C14H24BrN3/c1-10-7-5-6-8-12(10)17(3)9-13-14(15)11(2)16-18(13)4/h10,12H,5-9H2,1-4H3. The summed E-state index contributed by atoms with van der Waals surface area (Å²) in [5.74, 6) is 0.817. The van der Waals surface area contributed by atoms with Crippen LogP contribution in [0.3, 0.4) is 0 Å². The highest BCUT2D eigenvalue weighted by molar-refractivity contribution is 9.10. The quantitative estimate of drug-likeness (QED) is 0.851. The molecule has 0 spiro atoms. The molecule has 1 heterocycles. The Hall–Kier alpha value is -0.350. The highest BCUT2D eigenvalue weighted by Gasteiger charge is 2.26. The molecule has 1 aliphatic carbocycles. The minimum absolute atomic E-state index is 0.723. The fourth-order valence-electron chi connectivity index (χ4n) is 3.16. The Labute approximate surface area is 119 Å². The predicted molar refractivity (Wildman–Crippen MR) is 78.5 cm³/mol. The highest BCUT2D eigenvalue weighted by atomic mass is 79.9. The Morgan fingerprint density at radius 3 is 2.61 bits per heavy atom. The molecule has 0 bridgehead atoms. The lowest BCUT2D eigenvalue weighted by atomic mass is 9.85. The summed E-state index contributed by atoms with van der Waals surface area (Å²) in [7, 11) is 4.28. The van der Waals surface area contributed by atoms with Crippen molar-refractivity contribution in [2.45, 2.75) is 52.1 Å². The summed E-state index contributed by atoms with van der Waals surface area (Å²) >= 11 is 3.66. The average molecular weight is 314 g/mol. The zero-order valence-corrected chi connectivity index (χ0v) is 13.5. The molecule has 3 nitrogen and oxygen atoms in total. The third-order valence-corrected chi connectivity index (χ3v) is 5.32. The number of halogens is 1. The van der Waals surface area contributed by atoms with Crippen LogP contribution in [0.25, 0.3) is 0 Å². The maximum atomic E-state index is 4.47. The normalized spacial score (nSPS) is 24.8. The Morgan fingerprint density at radius 1 is 1.39 bits per heavy atom. The van der Waals surface area contributed by atoms with E-state index >= 15 is 0 Å². The molecule has 2 atom stereocenters. The van der Waals surface area contributed by atoms with Crippen LogP contribution in [0.4, 0.5) is 0 Å². The molecule has 0 amide bonds. The van der Waals surface area contributed by atoms with E-state index in [2.05, 4.69) is 46.8 Å². The number of hydrogen-bond donors (Lipinski definition) is 0. The zero-order valence-electron chi connectivity index (χ0n) is 11.9. The van der Waals surface area contributed by atoms with Gasteiger partial charge in [0.1, 0.15) is 0 Å². The summed E-state index contributed by atoms with van der Waals surface area (Å²) in [4.78, 5) is 2.50. The first-order chi connectivity index (χ1) is 8.50. The van der Waals surface area contributed by atoms with Gasteiger partial charge in [-0.2, -0.15) is 5.10 Å². The van der Waals surface area contributed by atoms with E-state index in [4.69, 9.17) is 0 Å². The summed E-state index contributed by atoms with van der Waals surface area (Å²) in [6.45, 7) is 5.42. The van der Waals surface area contributed by atoms with Crippen molar-refractivity contribution in [3.05, 3.63) is 15.9 Å². The first kappa shape index (κ1) is 14.1. The van der Waals surface area contributed by atoms with Crippen LogP contribution in [0.15, 0.2) is 4.47 Å². The third kappa shape index (κ3) is 2.80. The zero-order chi connectivity index (χ0) is 13.3. The van der Waals surface area contributed by atoms with Crippen LogP contribution in [-0.2, 0) is 13.6 Å². The van der Waals surface area contributed by atoms with E-state index in [9.17, 15) is 0 Å². The molecular formula is C14H24BrN3. The number of hydrogen-bond acceptors (Lipinski definition) is 2. The van der Waals surface area contributed by atoms with Gasteiger partial charge in [-0.15, -0.1) is 0 Å². The van der Waals surface area contributed by atoms with Crippen LogP contribution in [0.2, 0.25) is 0 Å². The molecule has 0 radical (unpaired) electrons. The van der Waals surface area contributed by atoms with Gasteiger partial charge in [-0.3, -0.25) is 9.58 Å². The topological polar surface area (TPSA) is 21.1 Å². The highest BCUT2D eigenvalue weighted by Crippen LogP contribution is 2.29. The Balaban J connectivity index is 2.08. The lowest BCUT2D eigenvalue weighted by Gasteiger charge is -2.36. The molecule has 1 saturated carbocycles. The fourth-order valence-corrected chi connectivity index (χ4v) is 3.62. The van der Waals surface area contributed by atoms with Gasteiger partial charge in [0.15, 0.2) is 0 Å². The SMILES string of the molecule is Cc1nn(C)c(CN(C)C2CCCCC2C)c1Br. The van der Waals surface area contributed by atoms with Gasteiger partial charge in [-0.05, 0) is 48.7 Å². The van der Waals surface area contributed by atoms with Crippen molar-refractivity contribution < 1.29 is 0 Å². The lowest BCUT2D eigenvalue weighted by Crippen LogP contribution is -2.38.